The van der Waals surface area contributed by atoms with Crippen molar-refractivity contribution in [2.75, 3.05) is 25.4 Å². The number of sulfonamides is 1. The molecule has 1 aliphatic rings. The Hall–Kier alpha value is -1.18. The number of nitrogens with zero attached hydrogens (tertiary/aromatic N) is 1. The van der Waals surface area contributed by atoms with Gasteiger partial charge in [-0.1, -0.05) is 6.92 Å². The highest BCUT2D eigenvalue weighted by Crippen LogP contribution is 2.22. The molecule has 1 aromatic carbocycles. The molecule has 0 saturated carbocycles. The van der Waals surface area contributed by atoms with E-state index in [1.165, 1.54) is 13.0 Å². The lowest BCUT2D eigenvalue weighted by Crippen LogP contribution is -2.40. The van der Waals surface area contributed by atoms with E-state index in [4.69, 9.17) is 5.73 Å². The van der Waals surface area contributed by atoms with E-state index >= 15 is 0 Å². The summed E-state index contributed by atoms with van der Waals surface area (Å²) >= 11 is 0. The smallest absolute Gasteiger partial charge is 0.243 e. The number of hydrogen-bond acceptors (Lipinski definition) is 4. The van der Waals surface area contributed by atoms with Crippen molar-refractivity contribution in [3.63, 3.8) is 0 Å². The molecule has 1 saturated heterocycles. The fraction of sp³-hybridized carbons (Fsp3) is 0.571. The van der Waals surface area contributed by atoms with Gasteiger partial charge in [0.05, 0.1) is 0 Å². The molecule has 0 aliphatic carbocycles. The predicted octanol–water partition coefficient (Wildman–Crippen LogP) is 1.48. The highest BCUT2D eigenvalue weighted by molar-refractivity contribution is 7.89. The summed E-state index contributed by atoms with van der Waals surface area (Å²) in [4.78, 5) is 1.85. The van der Waals surface area contributed by atoms with E-state index in [0.717, 1.165) is 32.0 Å². The molecular formula is C14H22FN3O2S. The van der Waals surface area contributed by atoms with Crippen LogP contribution in [0.2, 0.25) is 0 Å². The van der Waals surface area contributed by atoms with Crippen molar-refractivity contribution in [1.29, 1.82) is 0 Å². The fourth-order valence-corrected chi connectivity index (χ4v) is 4.04. The number of likely N-dealkylation sites (tertiary alicyclic amines) is 1. The summed E-state index contributed by atoms with van der Waals surface area (Å²) in [5.74, 6) is -0.740. The molecule has 118 valence electrons. The maximum absolute atomic E-state index is 14.0. The van der Waals surface area contributed by atoms with E-state index in [-0.39, 0.29) is 22.2 Å². The van der Waals surface area contributed by atoms with Gasteiger partial charge in [-0.3, -0.25) is 4.90 Å². The van der Waals surface area contributed by atoms with Crippen molar-refractivity contribution >= 4 is 15.7 Å². The van der Waals surface area contributed by atoms with Gasteiger partial charge < -0.3 is 5.73 Å². The minimum atomic E-state index is -3.89. The molecular weight excluding hydrogens is 293 g/mol. The molecule has 0 aromatic heterocycles. The summed E-state index contributed by atoms with van der Waals surface area (Å²) < 4.78 is 41.1. The fourth-order valence-electron chi connectivity index (χ4n) is 2.79. The molecule has 0 radical (unpaired) electrons. The van der Waals surface area contributed by atoms with E-state index in [2.05, 4.69) is 9.62 Å². The van der Waals surface area contributed by atoms with Crippen LogP contribution in [0.25, 0.3) is 0 Å². The number of benzene rings is 1. The molecule has 0 spiro atoms. The number of hydrogen-bond donors (Lipinski definition) is 2. The van der Waals surface area contributed by atoms with E-state index < -0.39 is 15.8 Å². The van der Waals surface area contributed by atoms with Gasteiger partial charge in [-0.05, 0) is 50.6 Å². The SMILES string of the molecule is CCN1CCCC1CNS(=O)(=O)c1cc(N)cc(C)c1F. The van der Waals surface area contributed by atoms with Gasteiger partial charge in [0.2, 0.25) is 10.0 Å². The molecule has 2 rings (SSSR count). The number of nitrogen functional groups attached to an aromatic ring is 1. The molecule has 1 aromatic rings. The highest BCUT2D eigenvalue weighted by Gasteiger charge is 2.26. The maximum atomic E-state index is 14.0. The van der Waals surface area contributed by atoms with Crippen molar-refractivity contribution in [2.45, 2.75) is 37.6 Å². The van der Waals surface area contributed by atoms with Crippen LogP contribution < -0.4 is 10.5 Å². The highest BCUT2D eigenvalue weighted by atomic mass is 32.2. The Balaban J connectivity index is 2.16. The Kier molecular flexibility index (Phi) is 4.85. The zero-order valence-electron chi connectivity index (χ0n) is 12.4. The lowest BCUT2D eigenvalue weighted by atomic mass is 10.2. The van der Waals surface area contributed by atoms with Crippen LogP contribution in [-0.2, 0) is 10.0 Å². The minimum absolute atomic E-state index is 0.176. The molecule has 3 N–H and O–H groups in total. The number of halogens is 1. The van der Waals surface area contributed by atoms with Gasteiger partial charge in [0.15, 0.2) is 0 Å². The van der Waals surface area contributed by atoms with Gasteiger partial charge in [0, 0.05) is 18.3 Å². The zero-order chi connectivity index (χ0) is 15.6. The summed E-state index contributed by atoms with van der Waals surface area (Å²) in [6, 6.07) is 2.76. The van der Waals surface area contributed by atoms with Gasteiger partial charge in [0.25, 0.3) is 0 Å². The first kappa shape index (κ1) is 16.2. The van der Waals surface area contributed by atoms with E-state index in [1.807, 2.05) is 6.92 Å². The average molecular weight is 315 g/mol. The Morgan fingerprint density at radius 3 is 2.86 bits per heavy atom. The second-order valence-electron chi connectivity index (χ2n) is 5.43. The van der Waals surface area contributed by atoms with Crippen molar-refractivity contribution in [3.05, 3.63) is 23.5 Å². The zero-order valence-corrected chi connectivity index (χ0v) is 13.2. The number of anilines is 1. The third kappa shape index (κ3) is 3.53. The van der Waals surface area contributed by atoms with Crippen molar-refractivity contribution < 1.29 is 12.8 Å². The monoisotopic (exact) mass is 315 g/mol. The van der Waals surface area contributed by atoms with Crippen molar-refractivity contribution in [2.24, 2.45) is 0 Å². The first-order chi connectivity index (χ1) is 9.85. The molecule has 1 unspecified atom stereocenters. The maximum Gasteiger partial charge on any atom is 0.243 e. The Bertz CT molecular complexity index is 619. The summed E-state index contributed by atoms with van der Waals surface area (Å²) in [7, 11) is -3.89. The summed E-state index contributed by atoms with van der Waals surface area (Å²) in [6.07, 6.45) is 2.01. The first-order valence-corrected chi connectivity index (χ1v) is 8.62. The molecule has 0 bridgehead atoms. The van der Waals surface area contributed by atoms with Crippen LogP contribution >= 0.6 is 0 Å². The van der Waals surface area contributed by atoms with Crippen LogP contribution in [-0.4, -0.2) is 39.0 Å². The van der Waals surface area contributed by atoms with Crippen LogP contribution in [0.4, 0.5) is 10.1 Å². The van der Waals surface area contributed by atoms with Gasteiger partial charge in [0.1, 0.15) is 10.7 Å². The number of nitrogens with one attached hydrogen (secondary N) is 1. The molecule has 5 nitrogen and oxygen atoms in total. The number of rotatable bonds is 5. The third-order valence-corrected chi connectivity index (χ3v) is 5.37. The third-order valence-electron chi connectivity index (χ3n) is 3.95. The Morgan fingerprint density at radius 1 is 1.48 bits per heavy atom. The van der Waals surface area contributed by atoms with Gasteiger partial charge >= 0.3 is 0 Å². The minimum Gasteiger partial charge on any atom is -0.399 e. The van der Waals surface area contributed by atoms with Crippen LogP contribution in [0.15, 0.2) is 17.0 Å². The van der Waals surface area contributed by atoms with Crippen molar-refractivity contribution in [1.82, 2.24) is 9.62 Å². The molecule has 1 aliphatic heterocycles. The summed E-state index contributed by atoms with van der Waals surface area (Å²) in [5.41, 5.74) is 6.09. The van der Waals surface area contributed by atoms with Gasteiger partial charge in [-0.15, -0.1) is 0 Å². The van der Waals surface area contributed by atoms with Crippen LogP contribution in [0, 0.1) is 12.7 Å². The second-order valence-corrected chi connectivity index (χ2v) is 7.16. The molecule has 0 amide bonds. The second kappa shape index (κ2) is 6.29. The molecule has 1 atom stereocenters. The Morgan fingerprint density at radius 2 is 2.19 bits per heavy atom. The topological polar surface area (TPSA) is 75.4 Å². The van der Waals surface area contributed by atoms with E-state index in [1.54, 1.807) is 0 Å². The van der Waals surface area contributed by atoms with Crippen LogP contribution in [0.1, 0.15) is 25.3 Å². The normalized spacial score (nSPS) is 20.0. The number of likely N-dealkylation sites (N-methyl/N-ethyl adjacent to an activating group) is 1. The largest absolute Gasteiger partial charge is 0.399 e. The predicted molar refractivity (Wildman–Crippen MR) is 81.0 cm³/mol. The van der Waals surface area contributed by atoms with Crippen LogP contribution in [0.5, 0.6) is 0 Å². The van der Waals surface area contributed by atoms with Gasteiger partial charge in [-0.25, -0.2) is 17.5 Å². The first-order valence-electron chi connectivity index (χ1n) is 7.14. The average Bonchev–Trinajstić information content (AvgIpc) is 2.88. The van der Waals surface area contributed by atoms with Crippen molar-refractivity contribution in [3.8, 4) is 0 Å². The Labute approximate surface area is 125 Å². The summed E-state index contributed by atoms with van der Waals surface area (Å²) in [5, 5.41) is 0. The molecule has 1 fully saturated rings. The number of aryl methyl sites for hydroxylation is 1. The standard InChI is InChI=1S/C14H22FN3O2S/c1-3-18-6-4-5-12(18)9-17-21(19,20)13-8-11(16)7-10(2)14(13)15/h7-8,12,17H,3-6,9,16H2,1-2H3. The number of nitrogens with two attached hydrogens (primary N) is 1. The molecule has 7 heteroatoms. The lowest BCUT2D eigenvalue weighted by molar-refractivity contribution is 0.268. The van der Waals surface area contributed by atoms with E-state index in [0.29, 0.717) is 6.54 Å². The molecule has 1 heterocycles. The quantitative estimate of drug-likeness (QED) is 0.807. The lowest BCUT2D eigenvalue weighted by Gasteiger charge is -2.23. The van der Waals surface area contributed by atoms with Gasteiger partial charge in [-0.2, -0.15) is 0 Å². The molecule has 21 heavy (non-hydrogen) atoms. The summed E-state index contributed by atoms with van der Waals surface area (Å²) in [6.45, 7) is 5.71. The van der Waals surface area contributed by atoms with E-state index in [9.17, 15) is 12.8 Å². The van der Waals surface area contributed by atoms with Crippen LogP contribution in [0.3, 0.4) is 0 Å².